The summed E-state index contributed by atoms with van der Waals surface area (Å²) in [6, 6.07) is 28.1. The van der Waals surface area contributed by atoms with Gasteiger partial charge in [0.15, 0.2) is 0 Å². The van der Waals surface area contributed by atoms with Crippen LogP contribution in [0.15, 0.2) is 72.8 Å². The molecular weight excluding hydrogens is 459 g/mol. The molecule has 38 heavy (non-hydrogen) atoms. The molecule has 4 rings (SSSR count). The molecule has 0 aromatic heterocycles. The van der Waals surface area contributed by atoms with Crippen LogP contribution in [0, 0.1) is 55.4 Å². The molecule has 0 aliphatic rings. The fourth-order valence-corrected chi connectivity index (χ4v) is 6.47. The van der Waals surface area contributed by atoms with E-state index in [1.165, 1.54) is 66.4 Å². The lowest BCUT2D eigenvalue weighted by molar-refractivity contribution is -0.0178. The van der Waals surface area contributed by atoms with Crippen LogP contribution in [0.3, 0.4) is 0 Å². The van der Waals surface area contributed by atoms with Crippen LogP contribution in [-0.4, -0.2) is 24.1 Å². The van der Waals surface area contributed by atoms with Gasteiger partial charge >= 0.3 is 0 Å². The zero-order valence-corrected chi connectivity index (χ0v) is 25.4. The van der Waals surface area contributed by atoms with Crippen LogP contribution >= 0.6 is 0 Å². The van der Waals surface area contributed by atoms with E-state index in [-0.39, 0.29) is 0 Å². The minimum Gasteiger partial charge on any atom is -0.434 e. The van der Waals surface area contributed by atoms with E-state index in [0.717, 1.165) is 13.2 Å². The molecule has 0 aliphatic heterocycles. The summed E-state index contributed by atoms with van der Waals surface area (Å²) < 4.78 is 3.97. The predicted molar refractivity (Wildman–Crippen MR) is 171 cm³/mol. The Morgan fingerprint density at radius 2 is 0.658 bits per heavy atom. The zero-order chi connectivity index (χ0) is 28.0. The standard InChI is InChI=1S/C32H36B.C4H10O/c1-21-9-13-29(25(5)17-21)33(30-14-10-22(2)18-26(30)6,31-15-11-23(3)19-27(31)7)32-16-12-24(4)20-28(32)8;1-3-5-4-2/h9-20H,1-8H3;3-4H2,1-2H3/q-1;/p+1. The van der Waals surface area contributed by atoms with Gasteiger partial charge < -0.3 is 4.74 Å². The third-order valence-corrected chi connectivity index (χ3v) is 8.01. The van der Waals surface area contributed by atoms with Crippen molar-refractivity contribution in [3.05, 3.63) is 117 Å². The van der Waals surface area contributed by atoms with E-state index in [1.807, 2.05) is 13.8 Å². The molecule has 0 radical (unpaired) electrons. The van der Waals surface area contributed by atoms with E-state index < -0.39 is 6.15 Å². The highest BCUT2D eigenvalue weighted by Crippen LogP contribution is 2.19. The summed E-state index contributed by atoms with van der Waals surface area (Å²) in [6.45, 7) is 23.9. The SMILES string of the molecule is CC[OH+]CC.Cc1ccc([B-](c2ccc(C)cc2C)(c2ccc(C)cc2C)c2ccc(C)cc2C)c(C)c1. The van der Waals surface area contributed by atoms with E-state index in [1.54, 1.807) is 0 Å². The molecule has 0 fully saturated rings. The number of rotatable bonds is 6. The van der Waals surface area contributed by atoms with Crippen molar-refractivity contribution in [2.24, 2.45) is 0 Å². The average molecular weight is 507 g/mol. The Hall–Kier alpha value is -3.10. The molecule has 0 heterocycles. The van der Waals surface area contributed by atoms with Crippen LogP contribution < -0.4 is 21.9 Å². The van der Waals surface area contributed by atoms with Crippen LogP contribution in [0.4, 0.5) is 0 Å². The smallest absolute Gasteiger partial charge is 0.141 e. The number of aryl methyl sites for hydroxylation is 8. The largest absolute Gasteiger partial charge is 0.434 e. The first-order valence-electron chi connectivity index (χ1n) is 14.2. The topological polar surface area (TPSA) is 12.8 Å². The first-order valence-corrected chi connectivity index (χ1v) is 14.2. The van der Waals surface area contributed by atoms with Crippen LogP contribution in [0.25, 0.3) is 0 Å². The summed E-state index contributed by atoms with van der Waals surface area (Å²) in [5.74, 6) is 0. The highest BCUT2D eigenvalue weighted by atomic mass is 16.5. The molecule has 0 atom stereocenters. The van der Waals surface area contributed by atoms with Crippen molar-refractivity contribution >= 4 is 28.0 Å². The van der Waals surface area contributed by atoms with Gasteiger partial charge in [-0.25, -0.2) is 0 Å². The third-order valence-electron chi connectivity index (χ3n) is 8.01. The number of hydrogen-bond donors (Lipinski definition) is 0. The van der Waals surface area contributed by atoms with Gasteiger partial charge in [0, 0.05) is 13.8 Å². The molecule has 1 N–H and O–H groups in total. The van der Waals surface area contributed by atoms with Gasteiger partial charge in [0.25, 0.3) is 0 Å². The fourth-order valence-electron chi connectivity index (χ4n) is 6.47. The minimum absolute atomic E-state index is 0.969. The Morgan fingerprint density at radius 3 is 0.816 bits per heavy atom. The molecule has 0 saturated carbocycles. The molecule has 0 spiro atoms. The molecule has 4 aromatic rings. The Balaban J connectivity index is 0.000000732. The average Bonchev–Trinajstić information content (AvgIpc) is 2.83. The molecule has 0 amide bonds. The second-order valence-electron chi connectivity index (χ2n) is 11.2. The lowest BCUT2D eigenvalue weighted by Crippen LogP contribution is -2.76. The zero-order valence-electron chi connectivity index (χ0n) is 25.4. The first kappa shape index (κ1) is 29.5. The molecule has 0 bridgehead atoms. The highest BCUT2D eigenvalue weighted by Gasteiger charge is 2.35. The van der Waals surface area contributed by atoms with Crippen molar-refractivity contribution in [1.29, 1.82) is 0 Å². The number of aliphatic hydroxyl groups is 2. The second kappa shape index (κ2) is 12.6. The van der Waals surface area contributed by atoms with Crippen molar-refractivity contribution in [2.45, 2.75) is 69.2 Å². The van der Waals surface area contributed by atoms with Crippen molar-refractivity contribution < 1.29 is 4.74 Å². The van der Waals surface area contributed by atoms with Crippen molar-refractivity contribution in [3.8, 4) is 0 Å². The molecular formula is C36H47BO. The number of hydrogen-bond acceptors (Lipinski definition) is 0. The van der Waals surface area contributed by atoms with Crippen molar-refractivity contribution in [2.75, 3.05) is 13.2 Å². The van der Waals surface area contributed by atoms with Gasteiger partial charge in [-0.1, -0.05) is 117 Å². The molecule has 200 valence electrons. The van der Waals surface area contributed by atoms with Gasteiger partial charge in [0.2, 0.25) is 0 Å². The normalized spacial score (nSPS) is 11.2. The first-order chi connectivity index (χ1) is 18.1. The van der Waals surface area contributed by atoms with Gasteiger partial charge in [-0.2, -0.15) is 21.9 Å². The van der Waals surface area contributed by atoms with Crippen LogP contribution in [0.1, 0.15) is 58.4 Å². The Labute approximate surface area is 232 Å². The van der Waals surface area contributed by atoms with E-state index in [9.17, 15) is 0 Å². The van der Waals surface area contributed by atoms with Crippen LogP contribution in [0.2, 0.25) is 0 Å². The van der Waals surface area contributed by atoms with E-state index >= 15 is 0 Å². The minimum atomic E-state index is -1.38. The molecule has 4 aromatic carbocycles. The maximum atomic E-state index is 3.97. The Kier molecular flexibility index (Phi) is 9.79. The third kappa shape index (κ3) is 5.97. The monoisotopic (exact) mass is 506 g/mol. The predicted octanol–water partition coefficient (Wildman–Crippen LogP) is 6.09. The van der Waals surface area contributed by atoms with Gasteiger partial charge in [-0.15, -0.1) is 0 Å². The summed E-state index contributed by atoms with van der Waals surface area (Å²) in [7, 11) is 0. The lowest BCUT2D eigenvalue weighted by Gasteiger charge is -2.48. The Morgan fingerprint density at radius 1 is 0.421 bits per heavy atom. The number of ether oxygens (including phenoxy) is 1. The van der Waals surface area contributed by atoms with Gasteiger partial charge in [0.1, 0.15) is 19.4 Å². The lowest BCUT2D eigenvalue weighted by atomic mass is 9.11. The van der Waals surface area contributed by atoms with Gasteiger partial charge in [0.05, 0.1) is 0 Å². The molecule has 1 nitrogen and oxygen atoms in total. The molecule has 0 saturated heterocycles. The van der Waals surface area contributed by atoms with Crippen molar-refractivity contribution in [3.63, 3.8) is 0 Å². The molecule has 0 unspecified atom stereocenters. The van der Waals surface area contributed by atoms with Crippen LogP contribution in [-0.2, 0) is 0 Å². The van der Waals surface area contributed by atoms with Crippen molar-refractivity contribution in [1.82, 2.24) is 0 Å². The van der Waals surface area contributed by atoms with E-state index in [0.29, 0.717) is 0 Å². The number of benzene rings is 4. The molecule has 0 aliphatic carbocycles. The summed E-state index contributed by atoms with van der Waals surface area (Å²) in [4.78, 5) is 0. The second-order valence-corrected chi connectivity index (χ2v) is 11.2. The summed E-state index contributed by atoms with van der Waals surface area (Å²) in [5, 5.41) is 0. The van der Waals surface area contributed by atoms with E-state index in [4.69, 9.17) is 0 Å². The maximum Gasteiger partial charge on any atom is 0.141 e. The Bertz CT molecular complexity index is 1190. The summed E-state index contributed by atoms with van der Waals surface area (Å²) in [5.41, 5.74) is 16.3. The highest BCUT2D eigenvalue weighted by molar-refractivity contribution is 7.20. The van der Waals surface area contributed by atoms with Gasteiger partial charge in [-0.05, 0) is 55.4 Å². The van der Waals surface area contributed by atoms with E-state index in [2.05, 4.69) is 133 Å². The quantitative estimate of drug-likeness (QED) is 0.222. The summed E-state index contributed by atoms with van der Waals surface area (Å²) >= 11 is 0. The maximum absolute atomic E-state index is 3.97. The fraction of sp³-hybridized carbons (Fsp3) is 0.333. The summed E-state index contributed by atoms with van der Waals surface area (Å²) in [6.07, 6.45) is -1.38. The van der Waals surface area contributed by atoms with Gasteiger partial charge in [-0.3, -0.25) is 0 Å². The molecule has 2 heteroatoms. The van der Waals surface area contributed by atoms with Crippen LogP contribution in [0.5, 0.6) is 0 Å².